The van der Waals surface area contributed by atoms with Crippen LogP contribution in [0, 0.1) is 6.92 Å². The van der Waals surface area contributed by atoms with Gasteiger partial charge in [-0.25, -0.2) is 0 Å². The number of carboxylic acid groups (broad SMARTS) is 1. The molecule has 140 valence electrons. The number of carbonyl (C=O) groups excluding carboxylic acids is 2. The van der Waals surface area contributed by atoms with Crippen LogP contribution in [-0.4, -0.2) is 64.5 Å². The molecule has 2 saturated heterocycles. The summed E-state index contributed by atoms with van der Waals surface area (Å²) in [5.41, 5.74) is 2.14. The molecule has 7 heteroatoms. The molecule has 0 aromatic heterocycles. The quantitative estimate of drug-likeness (QED) is 0.852. The van der Waals surface area contributed by atoms with Crippen molar-refractivity contribution in [3.63, 3.8) is 0 Å². The van der Waals surface area contributed by atoms with Crippen molar-refractivity contribution in [3.05, 3.63) is 35.4 Å². The molecule has 2 heterocycles. The number of carboxylic acids is 1. The van der Waals surface area contributed by atoms with Crippen LogP contribution in [0.2, 0.25) is 0 Å². The van der Waals surface area contributed by atoms with Crippen molar-refractivity contribution >= 4 is 17.8 Å². The number of carbonyl (C=O) groups is 3. The van der Waals surface area contributed by atoms with Crippen molar-refractivity contribution in [2.45, 2.75) is 44.9 Å². The molecule has 0 radical (unpaired) electrons. The second kappa shape index (κ2) is 7.86. The van der Waals surface area contributed by atoms with Crippen molar-refractivity contribution in [1.29, 1.82) is 0 Å². The van der Waals surface area contributed by atoms with E-state index >= 15 is 0 Å². The maximum absolute atomic E-state index is 13.0. The lowest BCUT2D eigenvalue weighted by atomic mass is 10.1. The van der Waals surface area contributed by atoms with Crippen molar-refractivity contribution in [1.82, 2.24) is 9.80 Å². The van der Waals surface area contributed by atoms with Gasteiger partial charge in [-0.05, 0) is 18.9 Å². The number of hydrogen-bond acceptors (Lipinski definition) is 4. The van der Waals surface area contributed by atoms with Crippen molar-refractivity contribution in [3.8, 4) is 0 Å². The highest BCUT2D eigenvalue weighted by atomic mass is 16.5. The van der Waals surface area contributed by atoms with Crippen LogP contribution in [0.1, 0.15) is 30.4 Å². The van der Waals surface area contributed by atoms with E-state index in [-0.39, 0.29) is 24.8 Å². The van der Waals surface area contributed by atoms with Gasteiger partial charge in [-0.3, -0.25) is 14.4 Å². The van der Waals surface area contributed by atoms with Gasteiger partial charge in [0.2, 0.25) is 11.8 Å². The van der Waals surface area contributed by atoms with Crippen LogP contribution in [0.25, 0.3) is 0 Å². The molecule has 2 aliphatic heterocycles. The lowest BCUT2D eigenvalue weighted by Crippen LogP contribution is -2.52. The number of benzene rings is 1. The van der Waals surface area contributed by atoms with Crippen LogP contribution < -0.4 is 0 Å². The molecule has 0 bridgehead atoms. The Labute approximate surface area is 152 Å². The molecule has 2 fully saturated rings. The molecule has 0 unspecified atom stereocenters. The largest absolute Gasteiger partial charge is 0.481 e. The molecule has 2 atom stereocenters. The van der Waals surface area contributed by atoms with E-state index in [1.165, 1.54) is 0 Å². The number of aryl methyl sites for hydroxylation is 1. The van der Waals surface area contributed by atoms with Crippen LogP contribution in [0.3, 0.4) is 0 Å². The van der Waals surface area contributed by atoms with E-state index in [2.05, 4.69) is 0 Å². The zero-order chi connectivity index (χ0) is 18.7. The maximum Gasteiger partial charge on any atom is 0.306 e. The monoisotopic (exact) mass is 360 g/mol. The van der Waals surface area contributed by atoms with E-state index in [4.69, 9.17) is 9.84 Å². The topological polar surface area (TPSA) is 87.2 Å². The first kappa shape index (κ1) is 18.4. The Bertz CT molecular complexity index is 688. The Balaban J connectivity index is 1.67. The van der Waals surface area contributed by atoms with Gasteiger partial charge in [0.25, 0.3) is 0 Å². The molecule has 0 aliphatic carbocycles. The van der Waals surface area contributed by atoms with E-state index in [0.717, 1.165) is 11.1 Å². The van der Waals surface area contributed by atoms with Gasteiger partial charge in [0, 0.05) is 26.1 Å². The first-order valence-electron chi connectivity index (χ1n) is 8.91. The molecule has 0 spiro atoms. The summed E-state index contributed by atoms with van der Waals surface area (Å²) in [6.45, 7) is 3.43. The average molecular weight is 360 g/mol. The number of nitrogens with zero attached hydrogens (tertiary/aromatic N) is 2. The fraction of sp³-hybridized carbons (Fsp3) is 0.526. The summed E-state index contributed by atoms with van der Waals surface area (Å²) in [5.74, 6) is -1.07. The van der Waals surface area contributed by atoms with Crippen molar-refractivity contribution < 1.29 is 24.2 Å². The molecule has 2 amide bonds. The van der Waals surface area contributed by atoms with Crippen molar-refractivity contribution in [2.75, 3.05) is 19.7 Å². The Morgan fingerprint density at radius 1 is 1.27 bits per heavy atom. The number of aliphatic carboxylic acids is 1. The fourth-order valence-corrected chi connectivity index (χ4v) is 3.53. The second-order valence-electron chi connectivity index (χ2n) is 6.94. The van der Waals surface area contributed by atoms with E-state index in [9.17, 15) is 14.4 Å². The third-order valence-corrected chi connectivity index (χ3v) is 4.94. The number of rotatable bonds is 5. The van der Waals surface area contributed by atoms with Crippen LogP contribution in [-0.2, 0) is 25.7 Å². The standard InChI is InChI=1S/C19H24N2O5/c1-13-2-4-14(5-3-13)11-21-16(6-7-17(21)22)19(25)20-8-9-26-15(12-20)10-18(23)24/h2-5,15-16H,6-12H2,1H3,(H,23,24)/t15-,16-/m1/s1. The lowest BCUT2D eigenvalue weighted by Gasteiger charge is -2.35. The van der Waals surface area contributed by atoms with Crippen LogP contribution >= 0.6 is 0 Å². The van der Waals surface area contributed by atoms with Gasteiger partial charge in [0.1, 0.15) is 6.04 Å². The predicted octanol–water partition coefficient (Wildman–Crippen LogP) is 1.19. The van der Waals surface area contributed by atoms with E-state index < -0.39 is 18.1 Å². The lowest BCUT2D eigenvalue weighted by molar-refractivity contribution is -0.151. The zero-order valence-electron chi connectivity index (χ0n) is 14.9. The minimum atomic E-state index is -0.943. The first-order chi connectivity index (χ1) is 12.4. The highest BCUT2D eigenvalue weighted by Gasteiger charge is 2.39. The minimum Gasteiger partial charge on any atom is -0.481 e. The highest BCUT2D eigenvalue weighted by molar-refractivity contribution is 5.91. The summed E-state index contributed by atoms with van der Waals surface area (Å²) in [7, 11) is 0. The van der Waals surface area contributed by atoms with Gasteiger partial charge in [0.15, 0.2) is 0 Å². The average Bonchev–Trinajstić information content (AvgIpc) is 2.96. The molecule has 1 aromatic rings. The predicted molar refractivity (Wildman–Crippen MR) is 93.3 cm³/mol. The summed E-state index contributed by atoms with van der Waals surface area (Å²) >= 11 is 0. The summed E-state index contributed by atoms with van der Waals surface area (Å²) in [6.07, 6.45) is 0.253. The second-order valence-corrected chi connectivity index (χ2v) is 6.94. The molecule has 2 aliphatic rings. The highest BCUT2D eigenvalue weighted by Crippen LogP contribution is 2.24. The first-order valence-corrected chi connectivity index (χ1v) is 8.91. The molecular weight excluding hydrogens is 336 g/mol. The van der Waals surface area contributed by atoms with E-state index in [1.54, 1.807) is 9.80 Å². The number of amides is 2. The van der Waals surface area contributed by atoms with Crippen LogP contribution in [0.4, 0.5) is 0 Å². The minimum absolute atomic E-state index is 0.0146. The molecule has 0 saturated carbocycles. The normalized spacial score (nSPS) is 23.3. The van der Waals surface area contributed by atoms with Gasteiger partial charge < -0.3 is 19.6 Å². The molecule has 1 N–H and O–H groups in total. The number of hydrogen-bond donors (Lipinski definition) is 1. The number of morpholine rings is 1. The van der Waals surface area contributed by atoms with Crippen molar-refractivity contribution in [2.24, 2.45) is 0 Å². The molecule has 26 heavy (non-hydrogen) atoms. The molecular formula is C19H24N2O5. The molecule has 7 nitrogen and oxygen atoms in total. The molecule has 3 rings (SSSR count). The van der Waals surface area contributed by atoms with Gasteiger partial charge >= 0.3 is 5.97 Å². The van der Waals surface area contributed by atoms with E-state index in [0.29, 0.717) is 32.5 Å². The zero-order valence-corrected chi connectivity index (χ0v) is 14.9. The van der Waals surface area contributed by atoms with Gasteiger partial charge in [-0.2, -0.15) is 0 Å². The fourth-order valence-electron chi connectivity index (χ4n) is 3.53. The summed E-state index contributed by atoms with van der Waals surface area (Å²) < 4.78 is 5.43. The Morgan fingerprint density at radius 3 is 2.69 bits per heavy atom. The third-order valence-electron chi connectivity index (χ3n) is 4.94. The van der Waals surface area contributed by atoms with Gasteiger partial charge in [0.05, 0.1) is 19.1 Å². The Morgan fingerprint density at radius 2 is 2.00 bits per heavy atom. The Hall–Kier alpha value is -2.41. The van der Waals surface area contributed by atoms with Gasteiger partial charge in [-0.1, -0.05) is 29.8 Å². The summed E-state index contributed by atoms with van der Waals surface area (Å²) in [6, 6.07) is 7.45. The maximum atomic E-state index is 13.0. The van der Waals surface area contributed by atoms with Gasteiger partial charge in [-0.15, -0.1) is 0 Å². The Kier molecular flexibility index (Phi) is 5.56. The number of ether oxygens (including phenoxy) is 1. The summed E-state index contributed by atoms with van der Waals surface area (Å²) in [4.78, 5) is 39.4. The molecule has 1 aromatic carbocycles. The third kappa shape index (κ3) is 4.22. The summed E-state index contributed by atoms with van der Waals surface area (Å²) in [5, 5.41) is 8.93. The van der Waals surface area contributed by atoms with Crippen LogP contribution in [0.15, 0.2) is 24.3 Å². The van der Waals surface area contributed by atoms with E-state index in [1.807, 2.05) is 31.2 Å². The SMILES string of the molecule is Cc1ccc(CN2C(=O)CC[C@@H]2C(=O)N2CCO[C@H](CC(=O)O)C2)cc1. The van der Waals surface area contributed by atoms with Crippen LogP contribution in [0.5, 0.6) is 0 Å². The smallest absolute Gasteiger partial charge is 0.306 e. The number of likely N-dealkylation sites (tertiary alicyclic amines) is 1.